The van der Waals surface area contributed by atoms with Crippen LogP contribution in [0.25, 0.3) is 11.3 Å². The number of hydrogen-bond donors (Lipinski definition) is 0. The van der Waals surface area contributed by atoms with E-state index in [2.05, 4.69) is 16.0 Å². The Labute approximate surface area is 116 Å². The van der Waals surface area contributed by atoms with E-state index in [1.165, 1.54) is 11.8 Å². The second kappa shape index (κ2) is 6.21. The number of thioether (sulfide) groups is 1. The zero-order chi connectivity index (χ0) is 13.7. The van der Waals surface area contributed by atoms with E-state index in [-0.39, 0.29) is 0 Å². The van der Waals surface area contributed by atoms with Crippen LogP contribution in [0.4, 0.5) is 0 Å². The van der Waals surface area contributed by atoms with Gasteiger partial charge < -0.3 is 4.74 Å². The van der Waals surface area contributed by atoms with Gasteiger partial charge in [0.1, 0.15) is 11.6 Å². The molecular weight excluding hydrogens is 258 g/mol. The molecule has 19 heavy (non-hydrogen) atoms. The first-order valence-electron chi connectivity index (χ1n) is 5.84. The molecule has 0 amide bonds. The predicted octanol–water partition coefficient (Wildman–Crippen LogP) is 3.14. The molecule has 5 heteroatoms. The van der Waals surface area contributed by atoms with Gasteiger partial charge in [-0.3, -0.25) is 0 Å². The number of nitrogens with zero attached hydrogens (tertiary/aromatic N) is 3. The molecule has 0 bridgehead atoms. The lowest BCUT2D eigenvalue weighted by Crippen LogP contribution is -2.03. The summed E-state index contributed by atoms with van der Waals surface area (Å²) in [7, 11) is 0. The van der Waals surface area contributed by atoms with Crippen molar-refractivity contribution >= 4 is 11.8 Å². The first-order chi connectivity index (χ1) is 9.30. The van der Waals surface area contributed by atoms with Gasteiger partial charge in [0, 0.05) is 5.56 Å². The van der Waals surface area contributed by atoms with Crippen LogP contribution in [0.2, 0.25) is 0 Å². The lowest BCUT2D eigenvalue weighted by atomic mass is 10.1. The Morgan fingerprint density at radius 1 is 1.26 bits per heavy atom. The molecule has 0 radical (unpaired) electrons. The van der Waals surface area contributed by atoms with Crippen LogP contribution in [0, 0.1) is 11.3 Å². The van der Waals surface area contributed by atoms with E-state index >= 15 is 0 Å². The molecule has 0 N–H and O–H groups in total. The van der Waals surface area contributed by atoms with Crippen molar-refractivity contribution in [3.63, 3.8) is 0 Å². The highest BCUT2D eigenvalue weighted by Gasteiger charge is 2.16. The van der Waals surface area contributed by atoms with Crippen LogP contribution in [-0.4, -0.2) is 22.8 Å². The molecule has 0 saturated carbocycles. The number of nitriles is 1. The third-order valence-corrected chi connectivity index (χ3v) is 3.03. The highest BCUT2D eigenvalue weighted by molar-refractivity contribution is 7.98. The molecule has 0 saturated heterocycles. The van der Waals surface area contributed by atoms with Gasteiger partial charge in [-0.25, -0.2) is 4.98 Å². The molecule has 0 aliphatic rings. The Bertz CT molecular complexity index is 608. The van der Waals surface area contributed by atoms with E-state index < -0.39 is 0 Å². The van der Waals surface area contributed by atoms with Crippen molar-refractivity contribution < 1.29 is 4.74 Å². The van der Waals surface area contributed by atoms with E-state index in [1.54, 1.807) is 0 Å². The van der Waals surface area contributed by atoms with Gasteiger partial charge in [-0.15, -0.1) is 0 Å². The quantitative estimate of drug-likeness (QED) is 0.631. The maximum Gasteiger partial charge on any atom is 0.236 e. The highest BCUT2D eigenvalue weighted by Crippen LogP contribution is 2.29. The Balaban J connectivity index is 2.65. The standard InChI is InChI=1S/C14H13N3OS/c1-3-18-13-11(9-15)12(16-14(17-13)19-2)10-7-5-4-6-8-10/h4-8H,3H2,1-2H3. The molecule has 1 aromatic heterocycles. The first kappa shape index (κ1) is 13.4. The molecule has 0 atom stereocenters. The van der Waals surface area contributed by atoms with E-state index in [4.69, 9.17) is 4.74 Å². The van der Waals surface area contributed by atoms with Gasteiger partial charge in [0.25, 0.3) is 0 Å². The van der Waals surface area contributed by atoms with Crippen LogP contribution < -0.4 is 4.74 Å². The molecule has 96 valence electrons. The lowest BCUT2D eigenvalue weighted by molar-refractivity contribution is 0.322. The van der Waals surface area contributed by atoms with Crippen LogP contribution in [0.15, 0.2) is 35.5 Å². The average molecular weight is 271 g/mol. The second-order valence-corrected chi connectivity index (χ2v) is 4.42. The molecule has 0 unspecified atom stereocenters. The molecule has 0 fully saturated rings. The number of rotatable bonds is 4. The van der Waals surface area contributed by atoms with Crippen molar-refractivity contribution in [1.82, 2.24) is 9.97 Å². The molecule has 1 heterocycles. The van der Waals surface area contributed by atoms with Gasteiger partial charge in [0.2, 0.25) is 5.88 Å². The zero-order valence-corrected chi connectivity index (χ0v) is 11.6. The van der Waals surface area contributed by atoms with Crippen molar-refractivity contribution in [3.05, 3.63) is 35.9 Å². The Morgan fingerprint density at radius 2 is 2.00 bits per heavy atom. The summed E-state index contributed by atoms with van der Waals surface area (Å²) in [6, 6.07) is 11.7. The summed E-state index contributed by atoms with van der Waals surface area (Å²) < 4.78 is 5.45. The van der Waals surface area contributed by atoms with E-state index in [9.17, 15) is 5.26 Å². The molecule has 2 aromatic rings. The first-order valence-corrected chi connectivity index (χ1v) is 7.07. The fourth-order valence-electron chi connectivity index (χ4n) is 1.66. The minimum absolute atomic E-state index is 0.350. The predicted molar refractivity (Wildman–Crippen MR) is 75.1 cm³/mol. The largest absolute Gasteiger partial charge is 0.477 e. The van der Waals surface area contributed by atoms with Crippen LogP contribution in [0.1, 0.15) is 12.5 Å². The molecule has 0 aliphatic heterocycles. The number of hydrogen-bond acceptors (Lipinski definition) is 5. The maximum absolute atomic E-state index is 9.33. The highest BCUT2D eigenvalue weighted by atomic mass is 32.2. The van der Waals surface area contributed by atoms with Crippen molar-refractivity contribution in [2.24, 2.45) is 0 Å². The SMILES string of the molecule is CCOc1nc(SC)nc(-c2ccccc2)c1C#N. The van der Waals surface area contributed by atoms with Gasteiger partial charge in [-0.2, -0.15) is 10.2 Å². The summed E-state index contributed by atoms with van der Waals surface area (Å²) in [4.78, 5) is 8.67. The number of aromatic nitrogens is 2. The van der Waals surface area contributed by atoms with Gasteiger partial charge in [0.05, 0.1) is 12.3 Å². The summed E-state index contributed by atoms with van der Waals surface area (Å²) in [6.45, 7) is 2.33. The molecule has 1 aromatic carbocycles. The summed E-state index contributed by atoms with van der Waals surface area (Å²) in [5, 5.41) is 9.93. The summed E-state index contributed by atoms with van der Waals surface area (Å²) in [5.41, 5.74) is 1.88. The number of benzene rings is 1. The number of ether oxygens (including phenoxy) is 1. The molecule has 0 aliphatic carbocycles. The maximum atomic E-state index is 9.33. The summed E-state index contributed by atoms with van der Waals surface area (Å²) >= 11 is 1.43. The molecular formula is C14H13N3OS. The molecule has 2 rings (SSSR count). The molecule has 4 nitrogen and oxygen atoms in total. The monoisotopic (exact) mass is 271 g/mol. The fraction of sp³-hybridized carbons (Fsp3) is 0.214. The lowest BCUT2D eigenvalue weighted by Gasteiger charge is -2.10. The zero-order valence-electron chi connectivity index (χ0n) is 10.8. The second-order valence-electron chi connectivity index (χ2n) is 3.65. The minimum atomic E-state index is 0.350. The minimum Gasteiger partial charge on any atom is -0.477 e. The van der Waals surface area contributed by atoms with Crippen molar-refractivity contribution in [2.75, 3.05) is 12.9 Å². The van der Waals surface area contributed by atoms with Crippen molar-refractivity contribution in [2.45, 2.75) is 12.1 Å². The fourth-order valence-corrected chi connectivity index (χ4v) is 2.02. The smallest absolute Gasteiger partial charge is 0.236 e. The van der Waals surface area contributed by atoms with Crippen molar-refractivity contribution in [1.29, 1.82) is 5.26 Å². The summed E-state index contributed by atoms with van der Waals surface area (Å²) in [6.07, 6.45) is 1.89. The van der Waals surface area contributed by atoms with E-state index in [1.807, 2.05) is 43.5 Å². The average Bonchev–Trinajstić information content (AvgIpc) is 2.47. The van der Waals surface area contributed by atoms with Gasteiger partial charge in [0.15, 0.2) is 5.16 Å². The van der Waals surface area contributed by atoms with Crippen LogP contribution in [0.5, 0.6) is 5.88 Å². The Morgan fingerprint density at radius 3 is 2.58 bits per heavy atom. The topological polar surface area (TPSA) is 58.8 Å². The van der Waals surface area contributed by atoms with Crippen molar-refractivity contribution in [3.8, 4) is 23.2 Å². The van der Waals surface area contributed by atoms with Gasteiger partial charge >= 0.3 is 0 Å². The van der Waals surface area contributed by atoms with Crippen LogP contribution in [0.3, 0.4) is 0 Å². The van der Waals surface area contributed by atoms with Crippen LogP contribution >= 0.6 is 11.8 Å². The van der Waals surface area contributed by atoms with Gasteiger partial charge in [-0.1, -0.05) is 42.1 Å². The summed E-state index contributed by atoms with van der Waals surface area (Å²) in [5.74, 6) is 0.350. The normalized spacial score (nSPS) is 9.95. The Hall–Kier alpha value is -2.06. The van der Waals surface area contributed by atoms with Crippen LogP contribution in [-0.2, 0) is 0 Å². The third kappa shape index (κ3) is 2.85. The Kier molecular flexibility index (Phi) is 4.37. The molecule has 0 spiro atoms. The van der Waals surface area contributed by atoms with E-state index in [0.29, 0.717) is 28.9 Å². The van der Waals surface area contributed by atoms with Gasteiger partial charge in [-0.05, 0) is 13.2 Å². The third-order valence-electron chi connectivity index (χ3n) is 2.48. The van der Waals surface area contributed by atoms with E-state index in [0.717, 1.165) is 5.56 Å².